The Hall–Kier alpha value is -1.37. The van der Waals surface area contributed by atoms with Gasteiger partial charge in [0.2, 0.25) is 0 Å². The predicted octanol–water partition coefficient (Wildman–Crippen LogP) is 3.14. The van der Waals surface area contributed by atoms with Gasteiger partial charge in [0.15, 0.2) is 0 Å². The van der Waals surface area contributed by atoms with Crippen molar-refractivity contribution in [2.75, 3.05) is 0 Å². The lowest BCUT2D eigenvalue weighted by Gasteiger charge is -2.36. The summed E-state index contributed by atoms with van der Waals surface area (Å²) in [5.41, 5.74) is 0.0374. The third kappa shape index (κ3) is 2.01. The molecule has 120 valence electrons. The molecular formula is C17H19BBrNO3. The van der Waals surface area contributed by atoms with Crippen molar-refractivity contribution >= 4 is 28.1 Å². The number of nitrogens with zero attached hydrogens (tertiary/aromatic N) is 1. The van der Waals surface area contributed by atoms with Crippen LogP contribution in [0.2, 0.25) is 0 Å². The van der Waals surface area contributed by atoms with Crippen molar-refractivity contribution in [1.82, 2.24) is 0 Å². The Morgan fingerprint density at radius 2 is 1.70 bits per heavy atom. The number of fused-ring (bicyclic) bond motifs is 4. The summed E-state index contributed by atoms with van der Waals surface area (Å²) in [6.45, 7) is 6.40. The van der Waals surface area contributed by atoms with Crippen molar-refractivity contribution in [1.29, 1.82) is 0 Å². The number of halogens is 1. The lowest BCUT2D eigenvalue weighted by molar-refractivity contribution is -0.580. The van der Waals surface area contributed by atoms with Crippen molar-refractivity contribution in [3.05, 3.63) is 47.1 Å². The molecule has 4 nitrogen and oxygen atoms in total. The topological polar surface area (TPSA) is 31.6 Å². The van der Waals surface area contributed by atoms with Crippen molar-refractivity contribution in [3.63, 3.8) is 0 Å². The maximum absolute atomic E-state index is 6.60. The fraction of sp³-hybridized carbons (Fsp3) is 0.353. The summed E-state index contributed by atoms with van der Waals surface area (Å²) in [6, 6.07) is 11.8. The zero-order valence-corrected chi connectivity index (χ0v) is 15.3. The van der Waals surface area contributed by atoms with E-state index >= 15 is 0 Å². The highest BCUT2D eigenvalue weighted by molar-refractivity contribution is 9.10. The molecule has 2 aliphatic rings. The fourth-order valence-electron chi connectivity index (χ4n) is 3.31. The van der Waals surface area contributed by atoms with Crippen LogP contribution in [0, 0.1) is 0 Å². The highest BCUT2D eigenvalue weighted by Gasteiger charge is 2.63. The average Bonchev–Trinajstić information content (AvgIpc) is 2.66. The van der Waals surface area contributed by atoms with Crippen molar-refractivity contribution < 1.29 is 18.5 Å². The molecule has 1 fully saturated rings. The zero-order valence-electron chi connectivity index (χ0n) is 13.7. The zero-order chi connectivity index (χ0) is 16.5. The second-order valence-corrected chi connectivity index (χ2v) is 8.07. The third-order valence-corrected chi connectivity index (χ3v) is 5.65. The van der Waals surface area contributed by atoms with Gasteiger partial charge in [-0.2, -0.15) is 0 Å². The van der Waals surface area contributed by atoms with Crippen LogP contribution in [0.5, 0.6) is 11.6 Å². The minimum absolute atomic E-state index is 0.440. The van der Waals surface area contributed by atoms with Gasteiger partial charge >= 0.3 is 12.6 Å². The van der Waals surface area contributed by atoms with Gasteiger partial charge in [-0.1, -0.05) is 22.0 Å². The SMILES string of the molecule is CC1(C)O[B-]2(OC1(C)C)c1cc(Br)ccc1Oc1cccc[n+]12. The van der Waals surface area contributed by atoms with Gasteiger partial charge in [0.1, 0.15) is 11.9 Å². The Kier molecular flexibility index (Phi) is 3.03. The lowest BCUT2D eigenvalue weighted by Crippen LogP contribution is -2.76. The van der Waals surface area contributed by atoms with Crippen molar-refractivity contribution in [3.8, 4) is 11.6 Å². The van der Waals surface area contributed by atoms with Crippen LogP contribution in [-0.2, 0) is 9.31 Å². The molecule has 0 N–H and O–H groups in total. The quantitative estimate of drug-likeness (QED) is 0.663. The Balaban J connectivity index is 2.02. The first kappa shape index (κ1) is 15.2. The van der Waals surface area contributed by atoms with Crippen LogP contribution in [0.25, 0.3) is 0 Å². The maximum Gasteiger partial charge on any atom is 0.583 e. The van der Waals surface area contributed by atoms with E-state index in [0.717, 1.165) is 21.6 Å². The van der Waals surface area contributed by atoms with Gasteiger partial charge in [0.25, 0.3) is 0 Å². The van der Waals surface area contributed by atoms with Gasteiger partial charge in [0.05, 0.1) is 0 Å². The highest BCUT2D eigenvalue weighted by atomic mass is 79.9. The number of benzene rings is 1. The Labute approximate surface area is 144 Å². The molecule has 0 aliphatic carbocycles. The van der Waals surface area contributed by atoms with E-state index in [1.807, 2.05) is 47.1 Å². The van der Waals surface area contributed by atoms with E-state index in [1.54, 1.807) is 0 Å². The van der Waals surface area contributed by atoms with Crippen LogP contribution >= 0.6 is 15.9 Å². The summed E-state index contributed by atoms with van der Waals surface area (Å²) in [5, 5.41) is 0. The molecule has 1 spiro atoms. The van der Waals surface area contributed by atoms with Crippen LogP contribution < -0.4 is 14.7 Å². The molecule has 1 aromatic carbocycles. The molecule has 4 rings (SSSR count). The van der Waals surface area contributed by atoms with Gasteiger partial charge in [-0.25, -0.2) is 0 Å². The summed E-state index contributed by atoms with van der Waals surface area (Å²) >= 11 is 3.55. The molecule has 6 heteroatoms. The summed E-state index contributed by atoms with van der Waals surface area (Å²) in [5.74, 6) is 1.49. The minimum atomic E-state index is -1.88. The van der Waals surface area contributed by atoms with E-state index in [2.05, 4.69) is 43.6 Å². The minimum Gasteiger partial charge on any atom is -0.495 e. The standard InChI is InChI=1S/C17H19BBrNO3/c1-16(2)17(3,4)23-18(22-16)13-11-12(19)8-9-14(13)21-15-7-5-6-10-20(15)18/h5-11H,1-4H3. The Morgan fingerprint density at radius 3 is 2.39 bits per heavy atom. The lowest BCUT2D eigenvalue weighted by atomic mass is 9.62. The largest absolute Gasteiger partial charge is 0.583 e. The van der Waals surface area contributed by atoms with E-state index in [0.29, 0.717) is 0 Å². The van der Waals surface area contributed by atoms with Gasteiger partial charge < -0.3 is 18.5 Å². The molecule has 0 bridgehead atoms. The van der Waals surface area contributed by atoms with E-state index in [4.69, 9.17) is 14.0 Å². The molecule has 2 aromatic rings. The molecule has 0 amide bonds. The molecule has 1 aromatic heterocycles. The Morgan fingerprint density at radius 1 is 1.00 bits per heavy atom. The molecule has 0 radical (unpaired) electrons. The summed E-state index contributed by atoms with van der Waals surface area (Å²) in [4.78, 5) is 0. The molecule has 0 atom stereocenters. The number of rotatable bonds is 0. The summed E-state index contributed by atoms with van der Waals surface area (Å²) < 4.78 is 22.2. The molecule has 0 saturated carbocycles. The first-order valence-electron chi connectivity index (χ1n) is 7.78. The molecule has 3 heterocycles. The smallest absolute Gasteiger partial charge is 0.495 e. The maximum atomic E-state index is 6.60. The van der Waals surface area contributed by atoms with Crippen molar-refractivity contribution in [2.24, 2.45) is 0 Å². The second-order valence-electron chi connectivity index (χ2n) is 7.16. The van der Waals surface area contributed by atoms with Crippen LogP contribution in [0.3, 0.4) is 0 Å². The van der Waals surface area contributed by atoms with E-state index < -0.39 is 17.9 Å². The van der Waals surface area contributed by atoms with Gasteiger partial charge in [0, 0.05) is 21.7 Å². The number of ether oxygens (including phenoxy) is 1. The fourth-order valence-corrected chi connectivity index (χ4v) is 3.69. The predicted molar refractivity (Wildman–Crippen MR) is 92.0 cm³/mol. The van der Waals surface area contributed by atoms with Gasteiger partial charge in [-0.05, 0) is 57.4 Å². The van der Waals surface area contributed by atoms with E-state index in [1.165, 1.54) is 0 Å². The molecule has 23 heavy (non-hydrogen) atoms. The first-order valence-corrected chi connectivity index (χ1v) is 8.58. The van der Waals surface area contributed by atoms with E-state index in [9.17, 15) is 0 Å². The number of pyridine rings is 1. The summed E-state index contributed by atoms with van der Waals surface area (Å²) in [6.07, 6.45) is 1.96. The highest BCUT2D eigenvalue weighted by Crippen LogP contribution is 2.43. The first-order chi connectivity index (χ1) is 10.8. The van der Waals surface area contributed by atoms with Gasteiger partial charge in [-0.3, -0.25) is 0 Å². The van der Waals surface area contributed by atoms with Gasteiger partial charge in [-0.15, -0.1) is 0 Å². The molecule has 0 unspecified atom stereocenters. The molecule has 2 aliphatic heterocycles. The summed E-state index contributed by atoms with van der Waals surface area (Å²) in [7, 11) is 0. The monoisotopic (exact) mass is 375 g/mol. The Bertz CT molecular complexity index is 790. The molecule has 1 saturated heterocycles. The van der Waals surface area contributed by atoms with Crippen LogP contribution in [0.1, 0.15) is 27.7 Å². The number of aromatic nitrogens is 1. The number of hydrogen-bond donors (Lipinski definition) is 0. The average molecular weight is 376 g/mol. The van der Waals surface area contributed by atoms with Crippen molar-refractivity contribution in [2.45, 2.75) is 38.9 Å². The van der Waals surface area contributed by atoms with Crippen LogP contribution in [-0.4, -0.2) is 17.9 Å². The number of hydrogen-bond acceptors (Lipinski definition) is 3. The second kappa shape index (κ2) is 4.59. The van der Waals surface area contributed by atoms with Crippen LogP contribution in [0.4, 0.5) is 0 Å². The van der Waals surface area contributed by atoms with E-state index in [-0.39, 0.29) is 0 Å². The normalized spacial score (nSPS) is 22.3. The third-order valence-electron chi connectivity index (χ3n) is 5.16. The molecular weight excluding hydrogens is 357 g/mol. The van der Waals surface area contributed by atoms with Crippen LogP contribution in [0.15, 0.2) is 47.1 Å².